The number of carboxylic acid groups (broad SMARTS) is 2. The van der Waals surface area contributed by atoms with Gasteiger partial charge in [-0.25, -0.2) is 15.4 Å². The van der Waals surface area contributed by atoms with Gasteiger partial charge in [-0.05, 0) is 31.6 Å². The first-order chi connectivity index (χ1) is 10.1. The van der Waals surface area contributed by atoms with Crippen molar-refractivity contribution in [3.05, 3.63) is 0 Å². The second kappa shape index (κ2) is 9.07. The van der Waals surface area contributed by atoms with Crippen molar-refractivity contribution < 1.29 is 37.8 Å². The second-order valence-electron chi connectivity index (χ2n) is 4.71. The Hall–Kier alpha value is -2.04. The largest absolute Gasteiger partial charge is 0.490 e. The molecule has 22 heavy (non-hydrogen) atoms. The van der Waals surface area contributed by atoms with Gasteiger partial charge in [0.2, 0.25) is 0 Å². The van der Waals surface area contributed by atoms with Gasteiger partial charge in [-0.1, -0.05) is 0 Å². The normalized spacial score (nSPS) is 21.1. The Kier molecular flexibility index (Phi) is 8.23. The van der Waals surface area contributed by atoms with Gasteiger partial charge in [0.25, 0.3) is 0 Å². The van der Waals surface area contributed by atoms with E-state index >= 15 is 0 Å². The lowest BCUT2D eigenvalue weighted by atomic mass is 9.82. The molecule has 0 aromatic carbocycles. The summed E-state index contributed by atoms with van der Waals surface area (Å²) in [6, 6.07) is -0.393. The molecule has 6 N–H and O–H groups in total. The van der Waals surface area contributed by atoms with Crippen LogP contribution in [0.3, 0.4) is 0 Å². The highest BCUT2D eigenvalue weighted by molar-refractivity contribution is 5.73. The molecule has 0 bridgehead atoms. The fourth-order valence-corrected chi connectivity index (χ4v) is 1.90. The highest BCUT2D eigenvalue weighted by Gasteiger charge is 2.38. The molecule has 0 atom stereocenters. The molecule has 0 aromatic rings. The van der Waals surface area contributed by atoms with E-state index in [0.717, 1.165) is 12.8 Å². The molecule has 0 unspecified atom stereocenters. The summed E-state index contributed by atoms with van der Waals surface area (Å²) < 4.78 is 31.7. The number of alkyl halides is 3. The van der Waals surface area contributed by atoms with Crippen LogP contribution in [-0.4, -0.2) is 40.9 Å². The third-order valence-corrected chi connectivity index (χ3v) is 3.12. The molecular weight excluding hydrogens is 311 g/mol. The van der Waals surface area contributed by atoms with Crippen molar-refractivity contribution in [2.24, 2.45) is 17.7 Å². The van der Waals surface area contributed by atoms with E-state index in [-0.39, 0.29) is 5.92 Å². The fourth-order valence-electron chi connectivity index (χ4n) is 1.90. The van der Waals surface area contributed by atoms with Crippen LogP contribution in [0.15, 0.2) is 0 Å². The first-order valence-corrected chi connectivity index (χ1v) is 6.35. The number of nitrogens with one attached hydrogen (secondary N) is 2. The Morgan fingerprint density at radius 2 is 1.55 bits per heavy atom. The summed E-state index contributed by atoms with van der Waals surface area (Å²) in [7, 11) is 0. The Morgan fingerprint density at radius 3 is 1.86 bits per heavy atom. The number of carbonyl (C=O) groups excluding carboxylic acids is 1. The minimum atomic E-state index is -5.08. The summed E-state index contributed by atoms with van der Waals surface area (Å²) in [4.78, 5) is 30.4. The van der Waals surface area contributed by atoms with Gasteiger partial charge in [-0.3, -0.25) is 10.2 Å². The molecule has 1 aliphatic carbocycles. The van der Waals surface area contributed by atoms with Crippen LogP contribution in [0.1, 0.15) is 25.7 Å². The van der Waals surface area contributed by atoms with Crippen molar-refractivity contribution in [2.75, 3.05) is 6.54 Å². The lowest BCUT2D eigenvalue weighted by molar-refractivity contribution is -0.192. The number of halogens is 3. The molecule has 8 nitrogen and oxygen atoms in total. The zero-order valence-corrected chi connectivity index (χ0v) is 11.5. The SMILES string of the molecule is NNC(=O)NCC1CCC(C(=O)O)CC1.O=C(O)C(F)(F)F. The maximum Gasteiger partial charge on any atom is 0.490 e. The standard InChI is InChI=1S/C9H17N3O3.C2HF3O2/c10-12-9(15)11-5-6-1-3-7(4-2-6)8(13)14;3-2(4,5)1(6)7/h6-7H,1-5,10H2,(H,13,14)(H2,11,12,15);(H,6,7). The molecule has 1 rings (SSSR count). The molecule has 1 fully saturated rings. The molecule has 0 aliphatic heterocycles. The van der Waals surface area contributed by atoms with Crippen molar-refractivity contribution in [1.29, 1.82) is 0 Å². The maximum atomic E-state index is 10.8. The van der Waals surface area contributed by atoms with E-state index in [1.54, 1.807) is 0 Å². The van der Waals surface area contributed by atoms with Crippen LogP contribution in [0.4, 0.5) is 18.0 Å². The van der Waals surface area contributed by atoms with E-state index in [0.29, 0.717) is 25.3 Å². The van der Waals surface area contributed by atoms with Crippen LogP contribution in [0, 0.1) is 11.8 Å². The fraction of sp³-hybridized carbons (Fsp3) is 0.727. The van der Waals surface area contributed by atoms with Gasteiger partial charge in [0, 0.05) is 6.54 Å². The van der Waals surface area contributed by atoms with Crippen LogP contribution in [-0.2, 0) is 9.59 Å². The molecule has 2 amide bonds. The van der Waals surface area contributed by atoms with Crippen LogP contribution in [0.2, 0.25) is 0 Å². The van der Waals surface area contributed by atoms with E-state index in [4.69, 9.17) is 20.9 Å². The van der Waals surface area contributed by atoms with Crippen molar-refractivity contribution in [1.82, 2.24) is 10.7 Å². The first-order valence-electron chi connectivity index (χ1n) is 6.35. The smallest absolute Gasteiger partial charge is 0.481 e. The highest BCUT2D eigenvalue weighted by atomic mass is 19.4. The number of amides is 2. The highest BCUT2D eigenvalue weighted by Crippen LogP contribution is 2.28. The van der Waals surface area contributed by atoms with Gasteiger partial charge in [-0.2, -0.15) is 13.2 Å². The Labute approximate surface area is 123 Å². The van der Waals surface area contributed by atoms with E-state index in [2.05, 4.69) is 5.32 Å². The molecule has 0 heterocycles. The van der Waals surface area contributed by atoms with Crippen LogP contribution >= 0.6 is 0 Å². The molecule has 1 aliphatic rings. The maximum absolute atomic E-state index is 10.8. The third-order valence-electron chi connectivity index (χ3n) is 3.12. The number of aliphatic carboxylic acids is 2. The number of nitrogens with two attached hydrogens (primary N) is 1. The average Bonchev–Trinajstić information content (AvgIpc) is 2.44. The van der Waals surface area contributed by atoms with Gasteiger partial charge in [0.1, 0.15) is 0 Å². The average molecular weight is 329 g/mol. The van der Waals surface area contributed by atoms with Gasteiger partial charge < -0.3 is 15.5 Å². The number of hydrogen-bond acceptors (Lipinski definition) is 4. The van der Waals surface area contributed by atoms with Gasteiger partial charge in [0.15, 0.2) is 0 Å². The summed E-state index contributed by atoms with van der Waals surface area (Å²) in [6.45, 7) is 0.565. The van der Waals surface area contributed by atoms with Gasteiger partial charge in [0.05, 0.1) is 5.92 Å². The van der Waals surface area contributed by atoms with Crippen LogP contribution in [0.25, 0.3) is 0 Å². The van der Waals surface area contributed by atoms with Crippen molar-refractivity contribution >= 4 is 18.0 Å². The number of rotatable bonds is 3. The quantitative estimate of drug-likeness (QED) is 0.293. The summed E-state index contributed by atoms with van der Waals surface area (Å²) in [5.41, 5.74) is 1.99. The van der Waals surface area contributed by atoms with E-state index in [1.807, 2.05) is 5.43 Å². The number of carboxylic acids is 2. The van der Waals surface area contributed by atoms with Crippen molar-refractivity contribution in [3.63, 3.8) is 0 Å². The molecule has 0 saturated heterocycles. The van der Waals surface area contributed by atoms with Crippen LogP contribution in [0.5, 0.6) is 0 Å². The minimum Gasteiger partial charge on any atom is -0.481 e. The predicted octanol–water partition coefficient (Wildman–Crippen LogP) is 0.684. The summed E-state index contributed by atoms with van der Waals surface area (Å²) in [5.74, 6) is 1.61. The molecule has 1 saturated carbocycles. The third kappa shape index (κ3) is 8.29. The van der Waals surface area contributed by atoms with E-state index in [9.17, 15) is 22.8 Å². The van der Waals surface area contributed by atoms with Gasteiger partial charge in [-0.15, -0.1) is 0 Å². The molecule has 11 heteroatoms. The zero-order chi connectivity index (χ0) is 17.3. The monoisotopic (exact) mass is 329 g/mol. The number of hydrazine groups is 1. The topological polar surface area (TPSA) is 142 Å². The lowest BCUT2D eigenvalue weighted by Crippen LogP contribution is -2.42. The van der Waals surface area contributed by atoms with Gasteiger partial charge >= 0.3 is 24.1 Å². The molecule has 0 spiro atoms. The zero-order valence-electron chi connectivity index (χ0n) is 11.5. The summed E-state index contributed by atoms with van der Waals surface area (Å²) in [6.07, 6.45) is -1.98. The lowest BCUT2D eigenvalue weighted by Gasteiger charge is -2.25. The molecule has 128 valence electrons. The van der Waals surface area contributed by atoms with Crippen molar-refractivity contribution in [2.45, 2.75) is 31.9 Å². The number of hydrogen-bond donors (Lipinski definition) is 5. The minimum absolute atomic E-state index is 0.204. The second-order valence-corrected chi connectivity index (χ2v) is 4.71. The number of carbonyl (C=O) groups is 3. The van der Waals surface area contributed by atoms with E-state index < -0.39 is 24.1 Å². The predicted molar refractivity (Wildman–Crippen MR) is 67.5 cm³/mol. The molecule has 0 radical (unpaired) electrons. The van der Waals surface area contributed by atoms with Crippen LogP contribution < -0.4 is 16.6 Å². The summed E-state index contributed by atoms with van der Waals surface area (Å²) >= 11 is 0. The first kappa shape index (κ1) is 20.0. The Balaban J connectivity index is 0.000000534. The Morgan fingerprint density at radius 1 is 1.09 bits per heavy atom. The summed E-state index contributed by atoms with van der Waals surface area (Å²) in [5, 5.41) is 18.5. The van der Waals surface area contributed by atoms with Crippen molar-refractivity contribution in [3.8, 4) is 0 Å². The molecule has 0 aromatic heterocycles. The Bertz CT molecular complexity index is 395. The van der Waals surface area contributed by atoms with E-state index in [1.165, 1.54) is 0 Å². The molecular formula is C11H18F3N3O5. The number of urea groups is 1.